The van der Waals surface area contributed by atoms with Crippen molar-refractivity contribution in [2.75, 3.05) is 11.9 Å². The lowest BCUT2D eigenvalue weighted by Crippen LogP contribution is -2.51. The molecule has 1 aliphatic heterocycles. The van der Waals surface area contributed by atoms with Gasteiger partial charge in [0.25, 0.3) is 0 Å². The van der Waals surface area contributed by atoms with E-state index < -0.39 is 23.9 Å². The van der Waals surface area contributed by atoms with Gasteiger partial charge in [-0.1, -0.05) is 6.92 Å². The molecule has 1 aliphatic rings. The smallest absolute Gasteiger partial charge is 0.326 e. The molecule has 0 aromatic heterocycles. The fourth-order valence-corrected chi connectivity index (χ4v) is 2.77. The number of amides is 2. The molecule has 0 radical (unpaired) electrons. The molecule has 0 spiro atoms. The Morgan fingerprint density at radius 3 is 2.81 bits per heavy atom. The predicted octanol–water partition coefficient (Wildman–Crippen LogP) is 3.31. The number of halogens is 2. The lowest BCUT2D eigenvalue weighted by atomic mass is 9.93. The molecule has 1 fully saturated rings. The largest absolute Gasteiger partial charge is 0.480 e. The molecule has 2 atom stereocenters. The number of carboxylic acids is 1. The van der Waals surface area contributed by atoms with E-state index in [0.717, 1.165) is 6.42 Å². The summed E-state index contributed by atoms with van der Waals surface area (Å²) in [5.41, 5.74) is 0.413. The van der Waals surface area contributed by atoms with Crippen molar-refractivity contribution in [2.24, 2.45) is 5.92 Å². The molecule has 1 saturated heterocycles. The number of hydrogen-bond donors (Lipinski definition) is 2. The van der Waals surface area contributed by atoms with Crippen molar-refractivity contribution in [3.8, 4) is 0 Å². The molecule has 0 aliphatic carbocycles. The summed E-state index contributed by atoms with van der Waals surface area (Å²) in [4.78, 5) is 24.8. The minimum Gasteiger partial charge on any atom is -0.480 e. The van der Waals surface area contributed by atoms with Gasteiger partial charge in [-0.15, -0.1) is 0 Å². The molecule has 0 saturated carbocycles. The number of nitrogens with one attached hydrogen (secondary N) is 1. The maximum atomic E-state index is 13.2. The predicted molar refractivity (Wildman–Crippen MR) is 79.6 cm³/mol. The van der Waals surface area contributed by atoms with Crippen molar-refractivity contribution in [1.82, 2.24) is 4.90 Å². The average Bonchev–Trinajstić information content (AvgIpc) is 2.42. The van der Waals surface area contributed by atoms with E-state index in [-0.39, 0.29) is 10.4 Å². The number of aliphatic carboxylic acids is 1. The van der Waals surface area contributed by atoms with E-state index in [1.54, 1.807) is 0 Å². The number of benzene rings is 1. The van der Waals surface area contributed by atoms with Gasteiger partial charge in [-0.05, 0) is 52.9 Å². The number of carboxylic acid groups (broad SMARTS) is 1. The van der Waals surface area contributed by atoms with E-state index in [1.165, 1.54) is 23.1 Å². The van der Waals surface area contributed by atoms with Crippen molar-refractivity contribution in [3.63, 3.8) is 0 Å². The highest BCUT2D eigenvalue weighted by atomic mass is 79.9. The summed E-state index contributed by atoms with van der Waals surface area (Å²) >= 11 is 3.04. The lowest BCUT2D eigenvalue weighted by molar-refractivity contribution is -0.143. The molecule has 2 amide bonds. The van der Waals surface area contributed by atoms with Gasteiger partial charge in [-0.3, -0.25) is 0 Å². The molecular formula is C14H16BrFN2O3. The monoisotopic (exact) mass is 358 g/mol. The Labute approximate surface area is 130 Å². The van der Waals surface area contributed by atoms with Gasteiger partial charge in [0, 0.05) is 12.2 Å². The SMILES string of the molecule is CC1CCN(C(=O)Nc2ccc(F)c(Br)c2)C(C(=O)O)C1. The summed E-state index contributed by atoms with van der Waals surface area (Å²) in [7, 11) is 0. The molecule has 2 N–H and O–H groups in total. The maximum Gasteiger partial charge on any atom is 0.326 e. The summed E-state index contributed by atoms with van der Waals surface area (Å²) in [6.07, 6.45) is 1.21. The van der Waals surface area contributed by atoms with Crippen LogP contribution < -0.4 is 5.32 Å². The minimum absolute atomic E-state index is 0.238. The summed E-state index contributed by atoms with van der Waals surface area (Å²) in [6, 6.07) is 2.80. The first kappa shape index (κ1) is 15.8. The van der Waals surface area contributed by atoms with Crippen LogP contribution in [0.3, 0.4) is 0 Å². The second-order valence-electron chi connectivity index (χ2n) is 5.24. The van der Waals surface area contributed by atoms with Crippen molar-refractivity contribution in [2.45, 2.75) is 25.8 Å². The summed E-state index contributed by atoms with van der Waals surface area (Å²) in [5.74, 6) is -1.16. The molecule has 1 heterocycles. The van der Waals surface area contributed by atoms with Gasteiger partial charge in [-0.25, -0.2) is 14.0 Å². The second-order valence-corrected chi connectivity index (χ2v) is 6.09. The highest BCUT2D eigenvalue weighted by molar-refractivity contribution is 9.10. The standard InChI is InChI=1S/C14H16BrFN2O3/c1-8-4-5-18(12(6-8)13(19)20)14(21)17-9-2-3-11(16)10(15)7-9/h2-3,7-8,12H,4-6H2,1H3,(H,17,21)(H,19,20). The van der Waals surface area contributed by atoms with Crippen LogP contribution in [0.2, 0.25) is 0 Å². The molecule has 114 valence electrons. The summed E-state index contributed by atoms with van der Waals surface area (Å²) in [5, 5.41) is 11.8. The number of urea groups is 1. The van der Waals surface area contributed by atoms with E-state index in [4.69, 9.17) is 0 Å². The van der Waals surface area contributed by atoms with Crippen LogP contribution in [0.1, 0.15) is 19.8 Å². The zero-order chi connectivity index (χ0) is 15.6. The van der Waals surface area contributed by atoms with Gasteiger partial charge in [-0.2, -0.15) is 0 Å². The average molecular weight is 359 g/mol. The van der Waals surface area contributed by atoms with Gasteiger partial charge in [0.2, 0.25) is 0 Å². The Hall–Kier alpha value is -1.63. The second kappa shape index (κ2) is 6.43. The maximum absolute atomic E-state index is 13.2. The van der Waals surface area contributed by atoms with Crippen LogP contribution in [0, 0.1) is 11.7 Å². The number of carbonyl (C=O) groups is 2. The lowest BCUT2D eigenvalue weighted by Gasteiger charge is -2.35. The van der Waals surface area contributed by atoms with Gasteiger partial charge < -0.3 is 15.3 Å². The van der Waals surface area contributed by atoms with Crippen LogP contribution in [0.15, 0.2) is 22.7 Å². The number of piperidine rings is 1. The Morgan fingerprint density at radius 2 is 2.19 bits per heavy atom. The number of rotatable bonds is 2. The molecule has 21 heavy (non-hydrogen) atoms. The van der Waals surface area contributed by atoms with Crippen LogP contribution in [-0.2, 0) is 4.79 Å². The van der Waals surface area contributed by atoms with Crippen molar-refractivity contribution in [3.05, 3.63) is 28.5 Å². The first-order valence-corrected chi connectivity index (χ1v) is 7.43. The Balaban J connectivity index is 2.10. The first-order valence-electron chi connectivity index (χ1n) is 6.64. The Bertz CT molecular complexity index is 567. The van der Waals surface area contributed by atoms with Crippen LogP contribution >= 0.6 is 15.9 Å². The topological polar surface area (TPSA) is 69.6 Å². The number of nitrogens with zero attached hydrogens (tertiary/aromatic N) is 1. The van der Waals surface area contributed by atoms with Crippen LogP contribution in [0.25, 0.3) is 0 Å². The number of carbonyl (C=O) groups excluding carboxylic acids is 1. The third-order valence-corrected chi connectivity index (χ3v) is 4.19. The molecule has 1 aromatic rings. The molecule has 2 unspecified atom stereocenters. The van der Waals surface area contributed by atoms with Gasteiger partial charge in [0.1, 0.15) is 11.9 Å². The van der Waals surface area contributed by atoms with Crippen LogP contribution in [0.4, 0.5) is 14.9 Å². The third-order valence-electron chi connectivity index (χ3n) is 3.58. The zero-order valence-corrected chi connectivity index (χ0v) is 13.1. The fraction of sp³-hybridized carbons (Fsp3) is 0.429. The van der Waals surface area contributed by atoms with E-state index in [9.17, 15) is 19.1 Å². The fourth-order valence-electron chi connectivity index (χ4n) is 2.39. The van der Waals surface area contributed by atoms with E-state index in [0.29, 0.717) is 18.7 Å². The number of hydrogen-bond acceptors (Lipinski definition) is 2. The highest BCUT2D eigenvalue weighted by Crippen LogP contribution is 2.25. The first-order chi connectivity index (χ1) is 9.88. The van der Waals surface area contributed by atoms with Gasteiger partial charge >= 0.3 is 12.0 Å². The molecule has 0 bridgehead atoms. The number of likely N-dealkylation sites (tertiary alicyclic amines) is 1. The minimum atomic E-state index is -1.00. The molecule has 1 aromatic carbocycles. The summed E-state index contributed by atoms with van der Waals surface area (Å²) < 4.78 is 13.4. The molecule has 7 heteroatoms. The normalized spacial score (nSPS) is 22.0. The quantitative estimate of drug-likeness (QED) is 0.851. The van der Waals surface area contributed by atoms with Crippen LogP contribution in [0.5, 0.6) is 0 Å². The van der Waals surface area contributed by atoms with Crippen molar-refractivity contribution < 1.29 is 19.1 Å². The Morgan fingerprint density at radius 1 is 1.48 bits per heavy atom. The zero-order valence-electron chi connectivity index (χ0n) is 11.5. The van der Waals surface area contributed by atoms with Gasteiger partial charge in [0.15, 0.2) is 0 Å². The number of anilines is 1. The van der Waals surface area contributed by atoms with E-state index in [1.807, 2.05) is 6.92 Å². The summed E-state index contributed by atoms with van der Waals surface area (Å²) in [6.45, 7) is 2.37. The van der Waals surface area contributed by atoms with E-state index >= 15 is 0 Å². The van der Waals surface area contributed by atoms with E-state index in [2.05, 4.69) is 21.2 Å². The van der Waals surface area contributed by atoms with Crippen LogP contribution in [-0.4, -0.2) is 34.6 Å². The third kappa shape index (κ3) is 3.72. The van der Waals surface area contributed by atoms with Crippen molar-refractivity contribution >= 4 is 33.6 Å². The van der Waals surface area contributed by atoms with Gasteiger partial charge in [0.05, 0.1) is 4.47 Å². The molecule has 2 rings (SSSR count). The Kier molecular flexibility index (Phi) is 4.82. The molecular weight excluding hydrogens is 343 g/mol. The molecule has 5 nitrogen and oxygen atoms in total. The van der Waals surface area contributed by atoms with Crippen molar-refractivity contribution in [1.29, 1.82) is 0 Å². The highest BCUT2D eigenvalue weighted by Gasteiger charge is 2.34.